The summed E-state index contributed by atoms with van der Waals surface area (Å²) in [5.74, 6) is 0. The molecule has 0 unspecified atom stereocenters. The minimum atomic E-state index is -3.91. The lowest BCUT2D eigenvalue weighted by molar-refractivity contribution is 0.320. The zero-order valence-electron chi connectivity index (χ0n) is 15.4. The number of hydrogen-bond acceptors (Lipinski definition) is 6. The van der Waals surface area contributed by atoms with Crippen molar-refractivity contribution < 1.29 is 21.0 Å². The zero-order chi connectivity index (χ0) is 20.4. The summed E-state index contributed by atoms with van der Waals surface area (Å²) >= 11 is 0. The first-order valence-electron chi connectivity index (χ1n) is 8.51. The van der Waals surface area contributed by atoms with E-state index in [1.54, 1.807) is 24.3 Å². The lowest BCUT2D eigenvalue weighted by Crippen LogP contribution is -2.19. The fraction of sp³-hybridized carbons (Fsp3) is 0.211. The van der Waals surface area contributed by atoms with Crippen molar-refractivity contribution >= 4 is 20.1 Å². The third-order valence-corrected chi connectivity index (χ3v) is 7.12. The molecular formula is C19H20N2O5S2. The quantitative estimate of drug-likeness (QED) is 0.546. The Bertz CT molecular complexity index is 1160. The molecule has 1 aromatic heterocycles. The van der Waals surface area contributed by atoms with Gasteiger partial charge < -0.3 is 0 Å². The Morgan fingerprint density at radius 3 is 1.93 bits per heavy atom. The molecule has 0 aliphatic heterocycles. The van der Waals surface area contributed by atoms with Gasteiger partial charge in [0.15, 0.2) is 0 Å². The van der Waals surface area contributed by atoms with Gasteiger partial charge >= 0.3 is 0 Å². The number of hydrogen-bond donors (Lipinski definition) is 0. The van der Waals surface area contributed by atoms with Crippen LogP contribution in [-0.4, -0.2) is 32.6 Å². The molecule has 0 amide bonds. The fourth-order valence-corrected chi connectivity index (χ4v) is 4.78. The van der Waals surface area contributed by atoms with Crippen LogP contribution >= 0.6 is 0 Å². The van der Waals surface area contributed by atoms with Crippen LogP contribution in [0.3, 0.4) is 0 Å². The molecule has 0 N–H and O–H groups in total. The summed E-state index contributed by atoms with van der Waals surface area (Å²) in [4.78, 5) is 0.162. The Hall–Kier alpha value is -2.49. The molecule has 0 aliphatic rings. The summed E-state index contributed by atoms with van der Waals surface area (Å²) in [6.45, 7) is 3.51. The highest BCUT2D eigenvalue weighted by atomic mass is 32.2. The van der Waals surface area contributed by atoms with Crippen LogP contribution in [0.5, 0.6) is 0 Å². The first-order valence-corrected chi connectivity index (χ1v) is 11.4. The van der Waals surface area contributed by atoms with Gasteiger partial charge in [0.2, 0.25) is 0 Å². The molecule has 0 saturated carbocycles. The molecule has 0 saturated heterocycles. The second-order valence-electron chi connectivity index (χ2n) is 6.32. The molecule has 3 rings (SSSR count). The highest BCUT2D eigenvalue weighted by Gasteiger charge is 2.21. The minimum Gasteiger partial charge on any atom is -0.266 e. The third-order valence-electron chi connectivity index (χ3n) is 4.14. The van der Waals surface area contributed by atoms with E-state index in [1.165, 1.54) is 36.5 Å². The van der Waals surface area contributed by atoms with E-state index < -0.39 is 20.1 Å². The molecule has 0 radical (unpaired) electrons. The van der Waals surface area contributed by atoms with Crippen molar-refractivity contribution in [1.29, 1.82) is 0 Å². The Morgan fingerprint density at radius 2 is 1.36 bits per heavy atom. The summed E-state index contributed by atoms with van der Waals surface area (Å²) in [7, 11) is -7.78. The largest absolute Gasteiger partial charge is 0.296 e. The Kier molecular flexibility index (Phi) is 5.69. The van der Waals surface area contributed by atoms with Gasteiger partial charge in [-0.15, -0.1) is 0 Å². The molecule has 3 aromatic rings. The molecule has 1 heterocycles. The van der Waals surface area contributed by atoms with E-state index in [1.807, 2.05) is 13.8 Å². The Labute approximate surface area is 164 Å². The summed E-state index contributed by atoms with van der Waals surface area (Å²) in [6.07, 6.45) is 1.42. The van der Waals surface area contributed by atoms with E-state index in [0.29, 0.717) is 5.69 Å². The van der Waals surface area contributed by atoms with E-state index in [9.17, 15) is 16.8 Å². The smallest absolute Gasteiger partial charge is 0.266 e. The molecular weight excluding hydrogens is 400 g/mol. The summed E-state index contributed by atoms with van der Waals surface area (Å²) in [6, 6.07) is 14.2. The van der Waals surface area contributed by atoms with Gasteiger partial charge in [-0.3, -0.25) is 4.18 Å². The summed E-state index contributed by atoms with van der Waals surface area (Å²) < 4.78 is 56.0. The van der Waals surface area contributed by atoms with Gasteiger partial charge in [0.1, 0.15) is 0 Å². The molecule has 7 nitrogen and oxygen atoms in total. The van der Waals surface area contributed by atoms with Crippen LogP contribution in [0.4, 0.5) is 0 Å². The van der Waals surface area contributed by atoms with Gasteiger partial charge in [0.05, 0.1) is 28.3 Å². The molecule has 0 atom stereocenters. The van der Waals surface area contributed by atoms with Crippen LogP contribution in [-0.2, 0) is 30.7 Å². The fourth-order valence-electron chi connectivity index (χ4n) is 2.55. The second-order valence-corrected chi connectivity index (χ2v) is 9.71. The maximum atomic E-state index is 12.8. The van der Waals surface area contributed by atoms with E-state index in [2.05, 4.69) is 5.10 Å². The highest BCUT2D eigenvalue weighted by Crippen LogP contribution is 2.17. The lowest BCUT2D eigenvalue weighted by atomic mass is 10.2. The monoisotopic (exact) mass is 420 g/mol. The number of aromatic nitrogens is 2. The molecule has 148 valence electrons. The number of benzene rings is 2. The van der Waals surface area contributed by atoms with E-state index in [4.69, 9.17) is 4.18 Å². The van der Waals surface area contributed by atoms with Crippen molar-refractivity contribution in [3.8, 4) is 0 Å². The van der Waals surface area contributed by atoms with Crippen LogP contribution in [0, 0.1) is 13.8 Å². The molecule has 0 bridgehead atoms. The van der Waals surface area contributed by atoms with E-state index >= 15 is 0 Å². The standard InChI is InChI=1S/C19H20N2O5S2/c1-15-3-7-18(8-4-15)27(22,23)21-17(11-13-20-21)12-14-26-28(24,25)19-9-5-16(2)6-10-19/h3-11,13H,12,14H2,1-2H3. The average molecular weight is 421 g/mol. The summed E-state index contributed by atoms with van der Waals surface area (Å²) in [5.41, 5.74) is 2.21. The summed E-state index contributed by atoms with van der Waals surface area (Å²) in [5, 5.41) is 3.89. The van der Waals surface area contributed by atoms with Crippen molar-refractivity contribution in [3.63, 3.8) is 0 Å². The minimum absolute atomic E-state index is 0.0545. The molecule has 0 spiro atoms. The maximum Gasteiger partial charge on any atom is 0.296 e. The van der Waals surface area contributed by atoms with E-state index in [-0.39, 0.29) is 22.8 Å². The Morgan fingerprint density at radius 1 is 0.821 bits per heavy atom. The predicted molar refractivity (Wildman–Crippen MR) is 104 cm³/mol. The van der Waals surface area contributed by atoms with Gasteiger partial charge in [0.25, 0.3) is 20.1 Å². The topological polar surface area (TPSA) is 95.3 Å². The van der Waals surface area contributed by atoms with Gasteiger partial charge in [0, 0.05) is 6.42 Å². The van der Waals surface area contributed by atoms with Crippen molar-refractivity contribution in [2.75, 3.05) is 6.61 Å². The van der Waals surface area contributed by atoms with Crippen LogP contribution < -0.4 is 0 Å². The van der Waals surface area contributed by atoms with Crippen LogP contribution in [0.15, 0.2) is 70.6 Å². The number of rotatable bonds is 7. The molecule has 0 fully saturated rings. The van der Waals surface area contributed by atoms with Gasteiger partial charge in [-0.1, -0.05) is 35.4 Å². The molecule has 9 heteroatoms. The maximum absolute atomic E-state index is 12.8. The van der Waals surface area contributed by atoms with Crippen molar-refractivity contribution in [2.24, 2.45) is 0 Å². The number of aryl methyl sites for hydroxylation is 2. The first kappa shape index (κ1) is 20.2. The van der Waals surface area contributed by atoms with Gasteiger partial charge in [-0.05, 0) is 44.2 Å². The molecule has 28 heavy (non-hydrogen) atoms. The van der Waals surface area contributed by atoms with Gasteiger partial charge in [-0.25, -0.2) is 0 Å². The lowest BCUT2D eigenvalue weighted by Gasteiger charge is -2.10. The predicted octanol–water partition coefficient (Wildman–Crippen LogP) is 2.68. The normalized spacial score (nSPS) is 12.2. The van der Waals surface area contributed by atoms with E-state index in [0.717, 1.165) is 15.2 Å². The molecule has 2 aromatic carbocycles. The zero-order valence-corrected chi connectivity index (χ0v) is 17.1. The first-order chi connectivity index (χ1) is 13.2. The average Bonchev–Trinajstić information content (AvgIpc) is 3.12. The second kappa shape index (κ2) is 7.86. The van der Waals surface area contributed by atoms with Crippen LogP contribution in [0.25, 0.3) is 0 Å². The van der Waals surface area contributed by atoms with Crippen LogP contribution in [0.1, 0.15) is 16.8 Å². The SMILES string of the molecule is Cc1ccc(S(=O)(=O)OCCc2ccnn2S(=O)(=O)c2ccc(C)cc2)cc1. The van der Waals surface area contributed by atoms with Crippen molar-refractivity contribution in [3.05, 3.63) is 77.6 Å². The highest BCUT2D eigenvalue weighted by molar-refractivity contribution is 7.89. The van der Waals surface area contributed by atoms with Gasteiger partial charge in [-0.2, -0.15) is 26.0 Å². The molecule has 0 aliphatic carbocycles. The third kappa shape index (κ3) is 4.32. The van der Waals surface area contributed by atoms with Crippen LogP contribution in [0.2, 0.25) is 0 Å². The Balaban J connectivity index is 1.74. The van der Waals surface area contributed by atoms with Crippen molar-refractivity contribution in [1.82, 2.24) is 9.19 Å². The number of nitrogens with zero attached hydrogens (tertiary/aromatic N) is 2. The van der Waals surface area contributed by atoms with Crippen molar-refractivity contribution in [2.45, 2.75) is 30.1 Å².